The quantitative estimate of drug-likeness (QED) is 0.311. The summed E-state index contributed by atoms with van der Waals surface area (Å²) in [7, 11) is 0. The lowest BCUT2D eigenvalue weighted by Gasteiger charge is -2.22. The minimum atomic E-state index is -1.22. The van der Waals surface area contributed by atoms with Gasteiger partial charge in [0.25, 0.3) is 5.56 Å². The van der Waals surface area contributed by atoms with E-state index in [0.717, 1.165) is 16.7 Å². The predicted octanol–water partition coefficient (Wildman–Crippen LogP) is 5.34. The maximum Gasteiger partial charge on any atom is 0.356 e. The van der Waals surface area contributed by atoms with Gasteiger partial charge in [-0.15, -0.1) is 0 Å². The number of hydrogen-bond donors (Lipinski definition) is 2. The molecule has 0 bridgehead atoms. The summed E-state index contributed by atoms with van der Waals surface area (Å²) in [4.78, 5) is 35.7. The lowest BCUT2D eigenvalue weighted by molar-refractivity contribution is 0.0691. The molecule has 2 N–H and O–H groups in total. The summed E-state index contributed by atoms with van der Waals surface area (Å²) >= 11 is 9.32. The van der Waals surface area contributed by atoms with Gasteiger partial charge in [-0.25, -0.2) is 19.2 Å². The zero-order valence-corrected chi connectivity index (χ0v) is 21.6. The Morgan fingerprint density at radius 2 is 1.94 bits per heavy atom. The average molecular weight is 573 g/mol. The van der Waals surface area contributed by atoms with Crippen molar-refractivity contribution in [2.45, 2.75) is 33.0 Å². The molecule has 4 aromatic rings. The lowest BCUT2D eigenvalue weighted by Crippen LogP contribution is -2.25. The number of benzene rings is 1. The van der Waals surface area contributed by atoms with Gasteiger partial charge in [-0.2, -0.15) is 0 Å². The van der Waals surface area contributed by atoms with Gasteiger partial charge in [-0.1, -0.05) is 17.7 Å². The van der Waals surface area contributed by atoms with Gasteiger partial charge in [0.05, 0.1) is 11.7 Å². The third-order valence-corrected chi connectivity index (χ3v) is 7.01. The molecule has 1 atom stereocenters. The molecule has 0 unspecified atom stereocenters. The zero-order valence-electron chi connectivity index (χ0n) is 19.2. The average Bonchev–Trinajstić information content (AvgIpc) is 3.25. The van der Waals surface area contributed by atoms with Gasteiger partial charge in [-0.3, -0.25) is 9.20 Å². The summed E-state index contributed by atoms with van der Waals surface area (Å²) in [5, 5.41) is 12.8. The van der Waals surface area contributed by atoms with Crippen molar-refractivity contribution in [3.63, 3.8) is 0 Å². The van der Waals surface area contributed by atoms with Crippen molar-refractivity contribution in [2.24, 2.45) is 0 Å². The number of carboxylic acids is 1. The first kappa shape index (κ1) is 24.2. The van der Waals surface area contributed by atoms with E-state index in [1.807, 2.05) is 24.8 Å². The molecule has 184 valence electrons. The maximum atomic E-state index is 13.7. The Labute approximate surface area is 218 Å². The maximum absolute atomic E-state index is 13.7. The highest BCUT2D eigenvalue weighted by atomic mass is 79.9. The normalized spacial score (nSPS) is 13.6. The van der Waals surface area contributed by atoms with Gasteiger partial charge in [0.1, 0.15) is 21.1 Å². The second kappa shape index (κ2) is 9.18. The van der Waals surface area contributed by atoms with Crippen LogP contribution in [-0.4, -0.2) is 25.4 Å². The number of nitrogens with one attached hydrogen (secondary N) is 1. The van der Waals surface area contributed by atoms with Gasteiger partial charge in [0.15, 0.2) is 11.5 Å². The Balaban J connectivity index is 1.60. The van der Waals surface area contributed by atoms with Crippen LogP contribution >= 0.6 is 27.5 Å². The summed E-state index contributed by atoms with van der Waals surface area (Å²) in [5.74, 6) is -1.07. The van der Waals surface area contributed by atoms with E-state index in [-0.39, 0.29) is 27.9 Å². The van der Waals surface area contributed by atoms with Crippen LogP contribution in [0.5, 0.6) is 0 Å². The minimum absolute atomic E-state index is 0.0702. The molecule has 5 rings (SSSR count). The van der Waals surface area contributed by atoms with Crippen LogP contribution in [0.1, 0.15) is 45.7 Å². The Bertz CT molecular complexity index is 1610. The summed E-state index contributed by atoms with van der Waals surface area (Å²) in [5.41, 5.74) is 3.55. The smallest absolute Gasteiger partial charge is 0.356 e. The van der Waals surface area contributed by atoms with Crippen LogP contribution in [0.25, 0.3) is 5.65 Å². The number of aryl methyl sites for hydroxylation is 1. The Kier molecular flexibility index (Phi) is 6.17. The fourth-order valence-electron chi connectivity index (χ4n) is 4.44. The molecule has 0 aliphatic carbocycles. The first-order chi connectivity index (χ1) is 17.1. The number of anilines is 2. The molecule has 11 heteroatoms. The van der Waals surface area contributed by atoms with E-state index in [0.29, 0.717) is 34.6 Å². The number of nitrogens with zero attached hydrogens (tertiary/aromatic N) is 4. The number of aromatic carboxylic acids is 1. The monoisotopic (exact) mass is 571 g/mol. The molecule has 4 heterocycles. The fourth-order valence-corrected chi connectivity index (χ4v) is 5.12. The molecule has 0 saturated heterocycles. The number of pyridine rings is 2. The van der Waals surface area contributed by atoms with Crippen LogP contribution in [-0.2, 0) is 13.1 Å². The van der Waals surface area contributed by atoms with Crippen LogP contribution in [0.2, 0.25) is 5.15 Å². The van der Waals surface area contributed by atoms with Gasteiger partial charge in [0, 0.05) is 24.8 Å². The van der Waals surface area contributed by atoms with Crippen molar-refractivity contribution in [3.05, 3.63) is 96.3 Å². The molecule has 3 aromatic heterocycles. The molecule has 1 aliphatic rings. The number of rotatable bonds is 5. The number of fused-ring (bicyclic) bond motifs is 2. The van der Waals surface area contributed by atoms with Gasteiger partial charge in [-0.05, 0) is 76.8 Å². The molecular weight excluding hydrogens is 553 g/mol. The summed E-state index contributed by atoms with van der Waals surface area (Å²) < 4.78 is 15.5. The summed E-state index contributed by atoms with van der Waals surface area (Å²) in [6, 6.07) is 9.18. The van der Waals surface area contributed by atoms with Crippen molar-refractivity contribution in [2.75, 3.05) is 10.2 Å². The zero-order chi connectivity index (χ0) is 25.7. The summed E-state index contributed by atoms with van der Waals surface area (Å²) in [6.07, 6.45) is 1.70. The van der Waals surface area contributed by atoms with E-state index in [1.54, 1.807) is 18.3 Å². The van der Waals surface area contributed by atoms with Gasteiger partial charge in [0.2, 0.25) is 0 Å². The van der Waals surface area contributed by atoms with Crippen molar-refractivity contribution in [1.82, 2.24) is 14.4 Å². The third kappa shape index (κ3) is 4.31. The Morgan fingerprint density at radius 3 is 2.69 bits per heavy atom. The van der Waals surface area contributed by atoms with Gasteiger partial charge >= 0.3 is 5.97 Å². The SMILES string of the molecule is Cc1cc([C@@H](C)Nc2ccc(Cl)nc2C(=O)O)c2nc(N3Cc4ccc(F)cc4C3)c(Br)c(=O)n2c1. The number of aromatic nitrogens is 3. The molecule has 8 nitrogen and oxygen atoms in total. The molecule has 0 saturated carbocycles. The van der Waals surface area contributed by atoms with E-state index < -0.39 is 12.0 Å². The number of carboxylic acid groups (broad SMARTS) is 1. The molecule has 1 aromatic carbocycles. The van der Waals surface area contributed by atoms with Crippen molar-refractivity contribution in [1.29, 1.82) is 0 Å². The standard InChI is InChI=1S/C25H20BrClFN5O3/c1-12-7-17(13(2)29-18-5-6-19(27)30-21(18)25(35)36)22-31-23(20(26)24(34)33(22)9-12)32-10-14-3-4-16(28)8-15(14)11-32/h3-9,13,29H,10-11H2,1-2H3,(H,35,36)/t13-/m1/s1. The molecule has 0 amide bonds. The first-order valence-corrected chi connectivity index (χ1v) is 12.2. The van der Waals surface area contributed by atoms with Crippen LogP contribution in [0, 0.1) is 12.7 Å². The second-order valence-electron chi connectivity index (χ2n) is 8.69. The molecule has 36 heavy (non-hydrogen) atoms. The topological polar surface area (TPSA) is 99.8 Å². The highest BCUT2D eigenvalue weighted by molar-refractivity contribution is 9.10. The highest BCUT2D eigenvalue weighted by Crippen LogP contribution is 2.33. The molecule has 0 spiro atoms. The van der Waals surface area contributed by atoms with Crippen LogP contribution in [0.4, 0.5) is 15.9 Å². The number of hydrogen-bond acceptors (Lipinski definition) is 6. The predicted molar refractivity (Wildman–Crippen MR) is 138 cm³/mol. The van der Waals surface area contributed by atoms with Crippen LogP contribution < -0.4 is 15.8 Å². The fraction of sp³-hybridized carbons (Fsp3) is 0.200. The molecule has 1 aliphatic heterocycles. The van der Waals surface area contributed by atoms with E-state index in [1.165, 1.54) is 22.6 Å². The Morgan fingerprint density at radius 1 is 1.19 bits per heavy atom. The minimum Gasteiger partial charge on any atom is -0.476 e. The number of halogens is 3. The van der Waals surface area contributed by atoms with E-state index >= 15 is 0 Å². The third-order valence-electron chi connectivity index (χ3n) is 6.11. The highest BCUT2D eigenvalue weighted by Gasteiger charge is 2.26. The number of carbonyl (C=O) groups is 1. The van der Waals surface area contributed by atoms with Crippen molar-refractivity contribution >= 4 is 50.7 Å². The lowest BCUT2D eigenvalue weighted by atomic mass is 10.1. The van der Waals surface area contributed by atoms with Crippen LogP contribution in [0.15, 0.2) is 51.9 Å². The summed E-state index contributed by atoms with van der Waals surface area (Å²) in [6.45, 7) is 4.62. The largest absolute Gasteiger partial charge is 0.476 e. The van der Waals surface area contributed by atoms with E-state index in [4.69, 9.17) is 16.6 Å². The Hall–Kier alpha value is -3.50. The van der Waals surface area contributed by atoms with Gasteiger partial charge < -0.3 is 15.3 Å². The van der Waals surface area contributed by atoms with Crippen molar-refractivity contribution < 1.29 is 14.3 Å². The molecular formula is C25H20BrClFN5O3. The van der Waals surface area contributed by atoms with Crippen LogP contribution in [0.3, 0.4) is 0 Å². The van der Waals surface area contributed by atoms with E-state index in [9.17, 15) is 19.1 Å². The molecule has 0 radical (unpaired) electrons. The second-order valence-corrected chi connectivity index (χ2v) is 9.87. The first-order valence-electron chi connectivity index (χ1n) is 11.0. The van der Waals surface area contributed by atoms with Crippen molar-refractivity contribution in [3.8, 4) is 0 Å². The van der Waals surface area contributed by atoms with E-state index in [2.05, 4.69) is 26.2 Å². The molecule has 0 fully saturated rings.